The molecule has 0 aliphatic heterocycles. The summed E-state index contributed by atoms with van der Waals surface area (Å²) in [6.45, 7) is 5.35. The summed E-state index contributed by atoms with van der Waals surface area (Å²) in [5.41, 5.74) is -1.07. The van der Waals surface area contributed by atoms with Crippen molar-refractivity contribution in [2.75, 3.05) is 18.5 Å². The minimum absolute atomic E-state index is 0.101. The fraction of sp³-hybridized carbons (Fsp3) is 0.462. The highest BCUT2D eigenvalue weighted by molar-refractivity contribution is 5.83. The van der Waals surface area contributed by atoms with Gasteiger partial charge in [-0.1, -0.05) is 0 Å². The smallest absolute Gasteiger partial charge is 0.299 e. The summed E-state index contributed by atoms with van der Waals surface area (Å²) in [7, 11) is 1.51. The maximum Gasteiger partial charge on any atom is 0.299 e. The second-order valence-corrected chi connectivity index (χ2v) is 5.84. The number of rotatable bonds is 5. The van der Waals surface area contributed by atoms with Crippen molar-refractivity contribution in [2.24, 2.45) is 0 Å². The third kappa shape index (κ3) is 4.69. The molecule has 0 atom stereocenters. The van der Waals surface area contributed by atoms with E-state index in [0.717, 1.165) is 6.07 Å². The number of likely N-dealkylation sites (N-methyl/N-ethyl adjacent to an activating group) is 1. The first-order valence-electron chi connectivity index (χ1n) is 6.46. The van der Waals surface area contributed by atoms with Crippen LogP contribution in [0.15, 0.2) is 18.2 Å². The summed E-state index contributed by atoms with van der Waals surface area (Å²) < 4.78 is 0. The molecule has 1 aromatic rings. The zero-order valence-corrected chi connectivity index (χ0v) is 12.8. The van der Waals surface area contributed by atoms with E-state index in [1.54, 1.807) is 0 Å². The molecular weight excluding hydrogens is 292 g/mol. The van der Waals surface area contributed by atoms with Gasteiger partial charge in [-0.2, -0.15) is 0 Å². The Hall–Kier alpha value is -2.71. The van der Waals surface area contributed by atoms with Crippen molar-refractivity contribution in [3.8, 4) is 0 Å². The Labute approximate surface area is 127 Å². The Bertz CT molecular complexity index is 609. The summed E-state index contributed by atoms with van der Waals surface area (Å²) in [5.74, 6) is -0.303. The first-order chi connectivity index (χ1) is 10.0. The number of amides is 1. The largest absolute Gasteiger partial charge is 0.360 e. The van der Waals surface area contributed by atoms with Crippen LogP contribution < -0.4 is 10.2 Å². The van der Waals surface area contributed by atoms with Gasteiger partial charge >= 0.3 is 0 Å². The van der Waals surface area contributed by atoms with Crippen molar-refractivity contribution in [1.82, 2.24) is 5.32 Å². The summed E-state index contributed by atoms with van der Waals surface area (Å²) in [6.07, 6.45) is 0. The Balaban J connectivity index is 3.02. The Kier molecular flexibility index (Phi) is 5.02. The average molecular weight is 310 g/mol. The van der Waals surface area contributed by atoms with Gasteiger partial charge in [0.2, 0.25) is 5.91 Å². The number of nitro groups is 2. The van der Waals surface area contributed by atoms with Gasteiger partial charge in [-0.15, -0.1) is 0 Å². The molecule has 120 valence electrons. The average Bonchev–Trinajstić information content (AvgIpc) is 2.35. The van der Waals surface area contributed by atoms with Gasteiger partial charge in [-0.05, 0) is 26.8 Å². The molecule has 9 nitrogen and oxygen atoms in total. The van der Waals surface area contributed by atoms with Crippen LogP contribution in [0.25, 0.3) is 0 Å². The Morgan fingerprint density at radius 3 is 2.27 bits per heavy atom. The van der Waals surface area contributed by atoms with Crippen LogP contribution in [0.1, 0.15) is 20.8 Å². The molecule has 0 saturated heterocycles. The molecule has 0 fully saturated rings. The lowest BCUT2D eigenvalue weighted by Gasteiger charge is -2.24. The highest BCUT2D eigenvalue weighted by Gasteiger charge is 2.23. The summed E-state index contributed by atoms with van der Waals surface area (Å²) in [4.78, 5) is 33.6. The molecule has 0 saturated carbocycles. The van der Waals surface area contributed by atoms with Crippen molar-refractivity contribution < 1.29 is 14.6 Å². The van der Waals surface area contributed by atoms with E-state index in [-0.39, 0.29) is 23.8 Å². The van der Waals surface area contributed by atoms with Crippen LogP contribution >= 0.6 is 0 Å². The number of benzene rings is 1. The number of hydrogen-bond donors (Lipinski definition) is 1. The molecule has 1 aromatic carbocycles. The normalized spacial score (nSPS) is 10.9. The first kappa shape index (κ1) is 17.3. The molecule has 0 aliphatic carbocycles. The number of non-ortho nitro benzene ring substituents is 1. The van der Waals surface area contributed by atoms with Gasteiger partial charge in [0.05, 0.1) is 22.5 Å². The van der Waals surface area contributed by atoms with Gasteiger partial charge in [0.1, 0.15) is 5.69 Å². The predicted octanol–water partition coefficient (Wildman–Crippen LogP) is 1.85. The standard InChI is InChI=1S/C13H18N4O5/c1-13(2,3)14-12(18)8-15(4)10-6-5-9(16(19)20)7-11(10)17(21)22/h5-7H,8H2,1-4H3,(H,14,18). The van der Waals surface area contributed by atoms with Gasteiger partial charge in [0.25, 0.3) is 11.4 Å². The highest BCUT2D eigenvalue weighted by Crippen LogP contribution is 2.31. The van der Waals surface area contributed by atoms with Crippen molar-refractivity contribution in [3.05, 3.63) is 38.4 Å². The van der Waals surface area contributed by atoms with Crippen molar-refractivity contribution in [2.45, 2.75) is 26.3 Å². The maximum atomic E-state index is 11.9. The quantitative estimate of drug-likeness (QED) is 0.655. The Morgan fingerprint density at radius 2 is 1.82 bits per heavy atom. The lowest BCUT2D eigenvalue weighted by atomic mass is 10.1. The van der Waals surface area contributed by atoms with Gasteiger partial charge in [0.15, 0.2) is 0 Å². The monoisotopic (exact) mass is 310 g/mol. The third-order valence-corrected chi connectivity index (χ3v) is 2.67. The number of hydrogen-bond acceptors (Lipinski definition) is 6. The van der Waals surface area contributed by atoms with E-state index in [9.17, 15) is 25.0 Å². The van der Waals surface area contributed by atoms with E-state index in [1.165, 1.54) is 24.1 Å². The molecule has 9 heteroatoms. The molecule has 0 aromatic heterocycles. The van der Waals surface area contributed by atoms with E-state index in [2.05, 4.69) is 5.32 Å². The SMILES string of the molecule is CN(CC(=O)NC(C)(C)C)c1ccc([N+](=O)[O-])cc1[N+](=O)[O-]. The van der Waals surface area contributed by atoms with Crippen LogP contribution in [-0.4, -0.2) is 34.9 Å². The fourth-order valence-electron chi connectivity index (χ4n) is 1.85. The van der Waals surface area contributed by atoms with E-state index < -0.39 is 21.1 Å². The van der Waals surface area contributed by atoms with E-state index in [1.807, 2.05) is 20.8 Å². The topological polar surface area (TPSA) is 119 Å². The maximum absolute atomic E-state index is 11.9. The predicted molar refractivity (Wildman–Crippen MR) is 80.9 cm³/mol. The van der Waals surface area contributed by atoms with Crippen LogP contribution in [0.4, 0.5) is 17.1 Å². The first-order valence-corrected chi connectivity index (χ1v) is 6.46. The highest BCUT2D eigenvalue weighted by atomic mass is 16.6. The third-order valence-electron chi connectivity index (χ3n) is 2.67. The van der Waals surface area contributed by atoms with Crippen LogP contribution in [0.5, 0.6) is 0 Å². The van der Waals surface area contributed by atoms with Crippen molar-refractivity contribution in [3.63, 3.8) is 0 Å². The lowest BCUT2D eigenvalue weighted by Crippen LogP contribution is -2.45. The van der Waals surface area contributed by atoms with Crippen LogP contribution in [0.3, 0.4) is 0 Å². The number of carbonyl (C=O) groups is 1. The molecule has 1 amide bonds. The number of nitrogens with zero attached hydrogens (tertiary/aromatic N) is 3. The second-order valence-electron chi connectivity index (χ2n) is 5.84. The molecule has 1 N–H and O–H groups in total. The second kappa shape index (κ2) is 6.37. The molecule has 0 heterocycles. The lowest BCUT2D eigenvalue weighted by molar-refractivity contribution is -0.393. The number of anilines is 1. The molecule has 0 spiro atoms. The number of nitro benzene ring substituents is 2. The molecule has 0 bridgehead atoms. The zero-order valence-electron chi connectivity index (χ0n) is 12.8. The van der Waals surface area contributed by atoms with Gasteiger partial charge in [0, 0.05) is 18.7 Å². The van der Waals surface area contributed by atoms with E-state index >= 15 is 0 Å². The van der Waals surface area contributed by atoms with Crippen molar-refractivity contribution in [1.29, 1.82) is 0 Å². The van der Waals surface area contributed by atoms with E-state index in [4.69, 9.17) is 0 Å². The summed E-state index contributed by atoms with van der Waals surface area (Å²) in [6, 6.07) is 3.31. The summed E-state index contributed by atoms with van der Waals surface area (Å²) in [5, 5.41) is 24.5. The van der Waals surface area contributed by atoms with Gasteiger partial charge in [-0.25, -0.2) is 0 Å². The minimum Gasteiger partial charge on any atom is -0.360 e. The number of nitrogens with one attached hydrogen (secondary N) is 1. The minimum atomic E-state index is -0.708. The fourth-order valence-corrected chi connectivity index (χ4v) is 1.85. The molecule has 0 unspecified atom stereocenters. The molecule has 22 heavy (non-hydrogen) atoms. The molecular formula is C13H18N4O5. The van der Waals surface area contributed by atoms with Crippen LogP contribution in [0, 0.1) is 20.2 Å². The van der Waals surface area contributed by atoms with Crippen molar-refractivity contribution >= 4 is 23.0 Å². The Morgan fingerprint density at radius 1 is 1.23 bits per heavy atom. The van der Waals surface area contributed by atoms with Gasteiger partial charge in [-0.3, -0.25) is 25.0 Å². The van der Waals surface area contributed by atoms with Gasteiger partial charge < -0.3 is 10.2 Å². The molecule has 0 aliphatic rings. The molecule has 1 rings (SSSR count). The van der Waals surface area contributed by atoms with E-state index in [0.29, 0.717) is 0 Å². The zero-order chi connectivity index (χ0) is 17.1. The number of carbonyl (C=O) groups excluding carboxylic acids is 1. The summed E-state index contributed by atoms with van der Waals surface area (Å²) >= 11 is 0. The molecule has 0 radical (unpaired) electrons. The van der Waals surface area contributed by atoms with Crippen LogP contribution in [-0.2, 0) is 4.79 Å². The van der Waals surface area contributed by atoms with Crippen LogP contribution in [0.2, 0.25) is 0 Å².